The van der Waals surface area contributed by atoms with E-state index in [0.717, 1.165) is 38.5 Å². The lowest BCUT2D eigenvalue weighted by Gasteiger charge is -2.28. The average Bonchev–Trinajstić information content (AvgIpc) is 3.74. The van der Waals surface area contributed by atoms with Gasteiger partial charge in [-0.1, -0.05) is 38.1 Å². The minimum atomic E-state index is -0.922. The highest BCUT2D eigenvalue weighted by Gasteiger charge is 2.44. The Kier molecular flexibility index (Phi) is 10.6. The summed E-state index contributed by atoms with van der Waals surface area (Å²) < 4.78 is 20.3. The van der Waals surface area contributed by atoms with Gasteiger partial charge in [0, 0.05) is 44.1 Å². The number of halogens is 1. The number of hydrogen-bond donors (Lipinski definition) is 3. The molecule has 1 saturated carbocycles. The third-order valence-corrected chi connectivity index (χ3v) is 7.99. The number of aliphatic hydroxyl groups is 1. The number of fused-ring (bicyclic) bond motifs is 2. The minimum absolute atomic E-state index is 0.0407. The summed E-state index contributed by atoms with van der Waals surface area (Å²) in [5.41, 5.74) is 2.94. The molecule has 0 spiro atoms. The quantitative estimate of drug-likeness (QED) is 0.455. The van der Waals surface area contributed by atoms with Crippen LogP contribution in [-0.2, 0) is 28.0 Å². The number of aryl methyl sites for hydroxylation is 1. The first-order valence-electron chi connectivity index (χ1n) is 14.8. The van der Waals surface area contributed by atoms with Crippen LogP contribution in [0.3, 0.4) is 0 Å². The molecule has 1 aliphatic carbocycles. The van der Waals surface area contributed by atoms with Crippen molar-refractivity contribution in [3.05, 3.63) is 65.0 Å². The molecule has 2 aromatic carbocycles. The van der Waals surface area contributed by atoms with E-state index < -0.39 is 18.0 Å². The number of hydrogen-bond acceptors (Lipinski definition) is 5. The number of ether oxygens (including phenoxy) is 1. The summed E-state index contributed by atoms with van der Waals surface area (Å²) >= 11 is 0. The van der Waals surface area contributed by atoms with Crippen LogP contribution < -0.4 is 15.4 Å². The molecule has 2 aliphatic rings. The molecule has 2 aromatic rings. The maximum Gasteiger partial charge on any atom is 0.223 e. The Morgan fingerprint density at radius 1 is 1.15 bits per heavy atom. The second kappa shape index (κ2) is 14.1. The molecule has 4 rings (SSSR count). The first-order valence-corrected chi connectivity index (χ1v) is 14.8. The Morgan fingerprint density at radius 3 is 2.73 bits per heavy atom. The lowest BCUT2D eigenvalue weighted by Crippen LogP contribution is -2.50. The second-order valence-electron chi connectivity index (χ2n) is 11.2. The number of nitrogens with zero attached hydrogens (tertiary/aromatic N) is 1. The Morgan fingerprint density at radius 2 is 1.98 bits per heavy atom. The standard InChI is InChI=1S/C32H44FN3O4/c1-3-14-36-15-5-6-16-40-27-19-24(18-26(33)21-27)20-28(35-30(38)10-11-31(36)39)29(37)22-34-32(12-13-32)25-9-7-8-23(4-2)17-25/h7-9,17-19,21,28-29,34,37H,3-6,10-16,20,22H2,1-2H3,(H,35,38)/t28-,29+/m0/s1. The maximum atomic E-state index is 14.5. The molecule has 2 bridgehead atoms. The third-order valence-electron chi connectivity index (χ3n) is 7.99. The van der Waals surface area contributed by atoms with Gasteiger partial charge in [0.05, 0.1) is 18.8 Å². The molecular weight excluding hydrogens is 509 g/mol. The predicted molar refractivity (Wildman–Crippen MR) is 154 cm³/mol. The van der Waals surface area contributed by atoms with Gasteiger partial charge in [0.2, 0.25) is 11.8 Å². The largest absolute Gasteiger partial charge is 0.493 e. The van der Waals surface area contributed by atoms with E-state index in [1.807, 2.05) is 6.92 Å². The van der Waals surface area contributed by atoms with Crippen molar-refractivity contribution < 1.29 is 23.8 Å². The molecule has 0 radical (unpaired) electrons. The van der Waals surface area contributed by atoms with Gasteiger partial charge in [0.1, 0.15) is 11.6 Å². The van der Waals surface area contributed by atoms with E-state index in [-0.39, 0.29) is 43.2 Å². The molecule has 1 fully saturated rings. The summed E-state index contributed by atoms with van der Waals surface area (Å²) in [6.07, 6.45) is 4.72. The number of rotatable bonds is 8. The van der Waals surface area contributed by atoms with E-state index in [2.05, 4.69) is 41.8 Å². The van der Waals surface area contributed by atoms with Crippen LogP contribution in [0.4, 0.5) is 4.39 Å². The molecule has 0 saturated heterocycles. The predicted octanol–water partition coefficient (Wildman–Crippen LogP) is 4.25. The summed E-state index contributed by atoms with van der Waals surface area (Å²) in [5.74, 6) is -0.334. The zero-order chi connectivity index (χ0) is 28.5. The fourth-order valence-corrected chi connectivity index (χ4v) is 5.47. The van der Waals surface area contributed by atoms with E-state index in [1.165, 1.54) is 23.3 Å². The van der Waals surface area contributed by atoms with Crippen molar-refractivity contribution in [2.45, 2.75) is 89.3 Å². The van der Waals surface area contributed by atoms with Crippen molar-refractivity contribution in [1.29, 1.82) is 0 Å². The minimum Gasteiger partial charge on any atom is -0.493 e. The molecule has 0 unspecified atom stereocenters. The van der Waals surface area contributed by atoms with Crippen molar-refractivity contribution in [3.63, 3.8) is 0 Å². The van der Waals surface area contributed by atoms with E-state index in [9.17, 15) is 19.1 Å². The molecule has 0 aromatic heterocycles. The van der Waals surface area contributed by atoms with Crippen LogP contribution >= 0.6 is 0 Å². The number of amides is 2. The van der Waals surface area contributed by atoms with Gasteiger partial charge in [-0.15, -0.1) is 0 Å². The van der Waals surface area contributed by atoms with Crippen LogP contribution in [0, 0.1) is 5.82 Å². The Bertz CT molecular complexity index is 1150. The number of benzene rings is 2. The highest BCUT2D eigenvalue weighted by atomic mass is 19.1. The van der Waals surface area contributed by atoms with Crippen molar-refractivity contribution in [1.82, 2.24) is 15.5 Å². The van der Waals surface area contributed by atoms with Crippen LogP contribution in [0.5, 0.6) is 5.75 Å². The number of aliphatic hydroxyl groups excluding tert-OH is 1. The Balaban J connectivity index is 1.50. The fraction of sp³-hybridized carbons (Fsp3) is 0.562. The van der Waals surface area contributed by atoms with Gasteiger partial charge in [-0.2, -0.15) is 0 Å². The zero-order valence-electron chi connectivity index (χ0n) is 23.9. The van der Waals surface area contributed by atoms with Gasteiger partial charge in [-0.25, -0.2) is 4.39 Å². The molecule has 40 heavy (non-hydrogen) atoms. The van der Waals surface area contributed by atoms with E-state index >= 15 is 0 Å². The molecule has 7 nitrogen and oxygen atoms in total. The van der Waals surface area contributed by atoms with Gasteiger partial charge in [-0.3, -0.25) is 9.59 Å². The summed E-state index contributed by atoms with van der Waals surface area (Å²) in [6, 6.07) is 12.4. The molecule has 8 heteroatoms. The summed E-state index contributed by atoms with van der Waals surface area (Å²) in [7, 11) is 0. The van der Waals surface area contributed by atoms with Crippen LogP contribution in [0.2, 0.25) is 0 Å². The molecule has 3 N–H and O–H groups in total. The lowest BCUT2D eigenvalue weighted by molar-refractivity contribution is -0.134. The van der Waals surface area contributed by atoms with Gasteiger partial charge in [0.15, 0.2) is 0 Å². The normalized spacial score (nSPS) is 20.9. The van der Waals surface area contributed by atoms with Crippen molar-refractivity contribution in [2.75, 3.05) is 26.2 Å². The van der Waals surface area contributed by atoms with Gasteiger partial charge in [0.25, 0.3) is 0 Å². The van der Waals surface area contributed by atoms with Crippen LogP contribution in [0.25, 0.3) is 0 Å². The molecule has 2 atom stereocenters. The molecule has 2 amide bonds. The highest BCUT2D eigenvalue weighted by molar-refractivity contribution is 5.84. The van der Waals surface area contributed by atoms with Crippen molar-refractivity contribution >= 4 is 11.8 Å². The summed E-state index contributed by atoms with van der Waals surface area (Å²) in [6.45, 7) is 6.09. The Labute approximate surface area is 237 Å². The topological polar surface area (TPSA) is 90.9 Å². The van der Waals surface area contributed by atoms with Crippen LogP contribution in [0.1, 0.15) is 75.5 Å². The smallest absolute Gasteiger partial charge is 0.223 e. The van der Waals surface area contributed by atoms with E-state index in [0.29, 0.717) is 31.0 Å². The molecular formula is C32H44FN3O4. The summed E-state index contributed by atoms with van der Waals surface area (Å²) in [4.78, 5) is 27.6. The Hall–Kier alpha value is -2.97. The van der Waals surface area contributed by atoms with Crippen LogP contribution in [0.15, 0.2) is 42.5 Å². The fourth-order valence-electron chi connectivity index (χ4n) is 5.47. The molecule has 1 heterocycles. The first-order chi connectivity index (χ1) is 19.3. The van der Waals surface area contributed by atoms with Gasteiger partial charge in [-0.05, 0) is 73.8 Å². The maximum absolute atomic E-state index is 14.5. The summed E-state index contributed by atoms with van der Waals surface area (Å²) in [5, 5.41) is 17.8. The van der Waals surface area contributed by atoms with Crippen molar-refractivity contribution in [3.8, 4) is 5.75 Å². The first kappa shape index (κ1) is 30.0. The SMILES string of the molecule is CCCN1CCCCOc2cc(F)cc(c2)C[C@@H]([C@H](O)CNC2(c3cccc(CC)c3)CC2)NC(=O)CCC1=O. The van der Waals surface area contributed by atoms with E-state index in [4.69, 9.17) is 4.74 Å². The van der Waals surface area contributed by atoms with Crippen LogP contribution in [-0.4, -0.2) is 60.2 Å². The third kappa shape index (κ3) is 8.27. The lowest BCUT2D eigenvalue weighted by atomic mass is 9.98. The average molecular weight is 554 g/mol. The monoisotopic (exact) mass is 553 g/mol. The molecule has 1 aliphatic heterocycles. The second-order valence-corrected chi connectivity index (χ2v) is 11.2. The van der Waals surface area contributed by atoms with Gasteiger partial charge >= 0.3 is 0 Å². The number of carbonyl (C=O) groups excluding carboxylic acids is 2. The molecule has 218 valence electrons. The zero-order valence-corrected chi connectivity index (χ0v) is 23.9. The number of nitrogens with one attached hydrogen (secondary N) is 2. The van der Waals surface area contributed by atoms with Gasteiger partial charge < -0.3 is 25.4 Å². The van der Waals surface area contributed by atoms with Crippen molar-refractivity contribution in [2.24, 2.45) is 0 Å². The highest BCUT2D eigenvalue weighted by Crippen LogP contribution is 2.45. The van der Waals surface area contributed by atoms with E-state index in [1.54, 1.807) is 11.0 Å². The number of carbonyl (C=O) groups is 2.